The maximum Gasteiger partial charge on any atom is 0.228 e. The van der Waals surface area contributed by atoms with E-state index >= 15 is 0 Å². The molecule has 2 heterocycles. The van der Waals surface area contributed by atoms with E-state index in [-0.39, 0.29) is 17.7 Å². The van der Waals surface area contributed by atoms with Gasteiger partial charge in [-0.15, -0.1) is 0 Å². The lowest BCUT2D eigenvalue weighted by atomic mass is 10.1. The number of aromatic nitrogens is 1. The van der Waals surface area contributed by atoms with Gasteiger partial charge in [-0.2, -0.15) is 0 Å². The molecular weight excluding hydrogens is 284 g/mol. The number of likely N-dealkylation sites (tertiary alicyclic amines) is 1. The Morgan fingerprint density at radius 2 is 2.18 bits per heavy atom. The first-order valence-corrected chi connectivity index (χ1v) is 7.46. The van der Waals surface area contributed by atoms with Crippen molar-refractivity contribution in [2.45, 2.75) is 19.9 Å². The van der Waals surface area contributed by atoms with Crippen molar-refractivity contribution in [3.05, 3.63) is 17.5 Å². The van der Waals surface area contributed by atoms with E-state index in [1.54, 1.807) is 16.8 Å². The number of hydrogen-bond donors (Lipinski definition) is 0. The molecule has 1 saturated heterocycles. The van der Waals surface area contributed by atoms with Crippen LogP contribution in [-0.4, -0.2) is 72.4 Å². The van der Waals surface area contributed by atoms with E-state index < -0.39 is 0 Å². The minimum absolute atomic E-state index is 0.0126. The van der Waals surface area contributed by atoms with Crippen molar-refractivity contribution in [1.29, 1.82) is 0 Å². The van der Waals surface area contributed by atoms with Crippen LogP contribution in [0.5, 0.6) is 0 Å². The number of carbonyl (C=O) groups excluding carboxylic acids is 2. The van der Waals surface area contributed by atoms with Gasteiger partial charge in [0.05, 0.1) is 12.5 Å². The van der Waals surface area contributed by atoms with Crippen molar-refractivity contribution < 1.29 is 14.1 Å². The van der Waals surface area contributed by atoms with Crippen LogP contribution in [0.25, 0.3) is 0 Å². The third-order valence-corrected chi connectivity index (χ3v) is 3.83. The summed E-state index contributed by atoms with van der Waals surface area (Å²) < 4.78 is 5.00. The summed E-state index contributed by atoms with van der Waals surface area (Å²) in [5.74, 6) is 0.515. The van der Waals surface area contributed by atoms with Crippen LogP contribution in [0, 0.1) is 12.8 Å². The Labute approximate surface area is 130 Å². The van der Waals surface area contributed by atoms with Crippen molar-refractivity contribution in [1.82, 2.24) is 19.9 Å². The monoisotopic (exact) mass is 308 g/mol. The van der Waals surface area contributed by atoms with Crippen molar-refractivity contribution in [2.24, 2.45) is 5.92 Å². The van der Waals surface area contributed by atoms with E-state index in [9.17, 15) is 9.59 Å². The van der Waals surface area contributed by atoms with E-state index in [1.165, 1.54) is 0 Å². The summed E-state index contributed by atoms with van der Waals surface area (Å²) in [5.41, 5.74) is 0.724. The van der Waals surface area contributed by atoms with Crippen molar-refractivity contribution in [3.63, 3.8) is 0 Å². The largest absolute Gasteiger partial charge is 0.361 e. The van der Waals surface area contributed by atoms with Crippen molar-refractivity contribution >= 4 is 11.8 Å². The van der Waals surface area contributed by atoms with Gasteiger partial charge in [-0.25, -0.2) is 0 Å². The fraction of sp³-hybridized carbons (Fsp3) is 0.667. The molecule has 22 heavy (non-hydrogen) atoms. The van der Waals surface area contributed by atoms with Gasteiger partial charge in [-0.1, -0.05) is 5.16 Å². The lowest BCUT2D eigenvalue weighted by Crippen LogP contribution is -2.36. The Kier molecular flexibility index (Phi) is 5.18. The number of carbonyl (C=O) groups is 2. The molecule has 2 amide bonds. The summed E-state index contributed by atoms with van der Waals surface area (Å²) in [4.78, 5) is 29.9. The maximum atomic E-state index is 12.5. The van der Waals surface area contributed by atoms with Crippen LogP contribution >= 0.6 is 0 Å². The van der Waals surface area contributed by atoms with Gasteiger partial charge in [0.25, 0.3) is 0 Å². The molecule has 1 atom stereocenters. The van der Waals surface area contributed by atoms with Crippen LogP contribution in [0.4, 0.5) is 0 Å². The van der Waals surface area contributed by atoms with Gasteiger partial charge in [0.1, 0.15) is 11.5 Å². The molecular formula is C15H24N4O3. The standard InChI is InChI=1S/C15H24N4O3/c1-11-7-13(16-22-11)10-18(4)15(21)12-8-14(20)19(9-12)6-5-17(2)3/h7,12H,5-6,8-10H2,1-4H3. The fourth-order valence-corrected chi connectivity index (χ4v) is 2.60. The average Bonchev–Trinajstić information content (AvgIpc) is 3.01. The highest BCUT2D eigenvalue weighted by Crippen LogP contribution is 2.20. The van der Waals surface area contributed by atoms with Gasteiger partial charge in [0.2, 0.25) is 11.8 Å². The third-order valence-electron chi connectivity index (χ3n) is 3.83. The molecule has 1 fully saturated rings. The normalized spacial score (nSPS) is 18.3. The minimum atomic E-state index is -0.257. The molecule has 7 nitrogen and oxygen atoms in total. The van der Waals surface area contributed by atoms with Gasteiger partial charge in [0.15, 0.2) is 0 Å². The number of hydrogen-bond acceptors (Lipinski definition) is 5. The first-order valence-electron chi connectivity index (χ1n) is 7.46. The van der Waals surface area contributed by atoms with E-state index in [0.29, 0.717) is 26.1 Å². The van der Waals surface area contributed by atoms with Crippen molar-refractivity contribution in [2.75, 3.05) is 40.8 Å². The highest BCUT2D eigenvalue weighted by Gasteiger charge is 2.35. The molecule has 0 spiro atoms. The smallest absolute Gasteiger partial charge is 0.228 e. The van der Waals surface area contributed by atoms with Crippen LogP contribution in [0.2, 0.25) is 0 Å². The zero-order valence-corrected chi connectivity index (χ0v) is 13.7. The van der Waals surface area contributed by atoms with E-state index in [0.717, 1.165) is 18.0 Å². The Bertz CT molecular complexity index is 541. The molecule has 1 aromatic heterocycles. The third kappa shape index (κ3) is 4.07. The summed E-state index contributed by atoms with van der Waals surface area (Å²) in [6, 6.07) is 1.81. The molecule has 0 aromatic carbocycles. The molecule has 0 aliphatic carbocycles. The molecule has 1 aliphatic heterocycles. The van der Waals surface area contributed by atoms with Gasteiger partial charge < -0.3 is 19.2 Å². The fourth-order valence-electron chi connectivity index (χ4n) is 2.60. The predicted octanol–water partition coefficient (Wildman–Crippen LogP) is 0.352. The second kappa shape index (κ2) is 6.91. The summed E-state index contributed by atoms with van der Waals surface area (Å²) >= 11 is 0. The minimum Gasteiger partial charge on any atom is -0.361 e. The summed E-state index contributed by atoms with van der Waals surface area (Å²) in [6.07, 6.45) is 0.300. The first kappa shape index (κ1) is 16.5. The van der Waals surface area contributed by atoms with E-state index in [2.05, 4.69) is 5.16 Å². The predicted molar refractivity (Wildman–Crippen MR) is 81.0 cm³/mol. The van der Waals surface area contributed by atoms with Crippen LogP contribution in [0.3, 0.4) is 0 Å². The number of nitrogens with zero attached hydrogens (tertiary/aromatic N) is 4. The second-order valence-corrected chi connectivity index (χ2v) is 6.17. The molecule has 7 heteroatoms. The Morgan fingerprint density at radius 3 is 2.77 bits per heavy atom. The molecule has 1 aliphatic rings. The van der Waals surface area contributed by atoms with Crippen LogP contribution in [-0.2, 0) is 16.1 Å². The Hall–Kier alpha value is -1.89. The number of likely N-dealkylation sites (N-methyl/N-ethyl adjacent to an activating group) is 1. The van der Waals surface area contributed by atoms with Gasteiger partial charge in [-0.3, -0.25) is 9.59 Å². The molecule has 122 valence electrons. The molecule has 0 N–H and O–H groups in total. The zero-order chi connectivity index (χ0) is 16.3. The second-order valence-electron chi connectivity index (χ2n) is 6.17. The Morgan fingerprint density at radius 1 is 1.45 bits per heavy atom. The van der Waals surface area contributed by atoms with E-state index in [1.807, 2.05) is 32.0 Å². The van der Waals surface area contributed by atoms with Crippen LogP contribution in [0.1, 0.15) is 17.9 Å². The molecule has 2 rings (SSSR count). The molecule has 1 unspecified atom stereocenters. The first-order chi connectivity index (χ1) is 10.4. The number of aryl methyl sites for hydroxylation is 1. The quantitative estimate of drug-likeness (QED) is 0.758. The highest BCUT2D eigenvalue weighted by atomic mass is 16.5. The Balaban J connectivity index is 1.88. The van der Waals surface area contributed by atoms with Gasteiger partial charge >= 0.3 is 0 Å². The van der Waals surface area contributed by atoms with Crippen molar-refractivity contribution in [3.8, 4) is 0 Å². The zero-order valence-electron chi connectivity index (χ0n) is 13.7. The summed E-state index contributed by atoms with van der Waals surface area (Å²) in [6.45, 7) is 4.20. The molecule has 1 aromatic rings. The van der Waals surface area contributed by atoms with Gasteiger partial charge in [-0.05, 0) is 21.0 Å². The molecule has 0 saturated carbocycles. The molecule has 0 bridgehead atoms. The van der Waals surface area contributed by atoms with Crippen LogP contribution in [0.15, 0.2) is 10.6 Å². The number of rotatable bonds is 6. The summed E-state index contributed by atoms with van der Waals surface area (Å²) in [5, 5.41) is 3.89. The SMILES string of the molecule is Cc1cc(CN(C)C(=O)C2CC(=O)N(CCN(C)C)C2)no1. The highest BCUT2D eigenvalue weighted by molar-refractivity contribution is 5.89. The lowest BCUT2D eigenvalue weighted by Gasteiger charge is -2.21. The topological polar surface area (TPSA) is 69.9 Å². The van der Waals surface area contributed by atoms with E-state index in [4.69, 9.17) is 4.52 Å². The molecule has 0 radical (unpaired) electrons. The average molecular weight is 308 g/mol. The maximum absolute atomic E-state index is 12.5. The van der Waals surface area contributed by atoms with Crippen LogP contribution < -0.4 is 0 Å². The lowest BCUT2D eigenvalue weighted by molar-refractivity contribution is -0.135. The summed E-state index contributed by atoms with van der Waals surface area (Å²) in [7, 11) is 5.67. The number of amides is 2. The van der Waals surface area contributed by atoms with Gasteiger partial charge in [0, 0.05) is 39.2 Å².